The third-order valence-corrected chi connectivity index (χ3v) is 3.58. The average Bonchev–Trinajstić information content (AvgIpc) is 3.02. The maximum atomic E-state index is 11.8. The van der Waals surface area contributed by atoms with Crippen LogP contribution in [0.2, 0.25) is 0 Å². The lowest BCUT2D eigenvalue weighted by Crippen LogP contribution is -2.37. The number of allylic oxidation sites excluding steroid dienone is 1. The number of hydroxylamine groups is 2. The van der Waals surface area contributed by atoms with Gasteiger partial charge >= 0.3 is 12.2 Å². The molecule has 0 bridgehead atoms. The number of imide groups is 1. The van der Waals surface area contributed by atoms with Crippen molar-refractivity contribution in [3.63, 3.8) is 0 Å². The molecule has 170 valence electrons. The summed E-state index contributed by atoms with van der Waals surface area (Å²) in [5, 5.41) is 2.87. The molecule has 31 heavy (non-hydrogen) atoms. The highest BCUT2D eigenvalue weighted by Crippen LogP contribution is 2.12. The van der Waals surface area contributed by atoms with Gasteiger partial charge in [0.05, 0.1) is 6.61 Å². The Balaban J connectivity index is 2.40. The molecule has 0 radical (unpaired) electrons. The third kappa shape index (κ3) is 10.5. The minimum atomic E-state index is -0.954. The van der Waals surface area contributed by atoms with Crippen molar-refractivity contribution in [2.24, 2.45) is 16.5 Å². The fraction of sp³-hybridized carbons (Fsp3) is 0.421. The van der Waals surface area contributed by atoms with Crippen LogP contribution in [-0.4, -0.2) is 61.4 Å². The van der Waals surface area contributed by atoms with Crippen molar-refractivity contribution in [2.45, 2.75) is 26.2 Å². The Hall–Kier alpha value is -3.83. The molecule has 5 N–H and O–H groups in total. The number of amides is 3. The van der Waals surface area contributed by atoms with E-state index in [1.165, 1.54) is 0 Å². The molecule has 0 aromatic heterocycles. The van der Waals surface area contributed by atoms with E-state index in [-0.39, 0.29) is 38.6 Å². The number of carbonyl (C=O) groups excluding carboxylic acids is 4. The lowest BCUT2D eigenvalue weighted by molar-refractivity contribution is -0.171. The summed E-state index contributed by atoms with van der Waals surface area (Å²) in [6.07, 6.45) is 3.65. The van der Waals surface area contributed by atoms with Gasteiger partial charge in [0.2, 0.25) is 0 Å². The first-order chi connectivity index (χ1) is 14.7. The molecule has 0 aromatic rings. The number of nitrogens with one attached hydrogen (secondary N) is 1. The predicted octanol–water partition coefficient (Wildman–Crippen LogP) is 0.652. The van der Waals surface area contributed by atoms with Crippen molar-refractivity contribution in [1.29, 1.82) is 0 Å². The molecule has 12 heteroatoms. The van der Waals surface area contributed by atoms with Crippen LogP contribution in [0.15, 0.2) is 40.9 Å². The van der Waals surface area contributed by atoms with Crippen molar-refractivity contribution in [3.8, 4) is 0 Å². The normalized spacial score (nSPS) is 13.8. The van der Waals surface area contributed by atoms with Gasteiger partial charge in [0, 0.05) is 32.4 Å². The van der Waals surface area contributed by atoms with Crippen molar-refractivity contribution < 1.29 is 33.5 Å². The molecule has 1 rings (SSSR count). The second kappa shape index (κ2) is 13.4. The molecule has 3 amide bonds. The van der Waals surface area contributed by atoms with E-state index in [0.29, 0.717) is 29.2 Å². The molecule has 1 aliphatic heterocycles. The van der Waals surface area contributed by atoms with Gasteiger partial charge in [-0.3, -0.25) is 14.6 Å². The van der Waals surface area contributed by atoms with Crippen LogP contribution in [0.1, 0.15) is 26.2 Å². The summed E-state index contributed by atoms with van der Waals surface area (Å²) in [5.41, 5.74) is 11.4. The van der Waals surface area contributed by atoms with E-state index in [2.05, 4.69) is 16.9 Å². The molecular weight excluding hydrogens is 410 g/mol. The average molecular weight is 437 g/mol. The summed E-state index contributed by atoms with van der Waals surface area (Å²) in [6, 6.07) is 0. The smallest absolute Gasteiger partial charge is 0.434 e. The van der Waals surface area contributed by atoms with Gasteiger partial charge in [-0.2, -0.15) is 0 Å². The number of aliphatic imine (C=N–C) groups is 1. The van der Waals surface area contributed by atoms with E-state index in [4.69, 9.17) is 25.8 Å². The van der Waals surface area contributed by atoms with E-state index in [0.717, 1.165) is 0 Å². The van der Waals surface area contributed by atoms with Crippen LogP contribution in [0.3, 0.4) is 0 Å². The Kier molecular flexibility index (Phi) is 10.9. The van der Waals surface area contributed by atoms with Crippen LogP contribution < -0.4 is 16.8 Å². The number of carbonyl (C=O) groups is 4. The highest BCUT2D eigenvalue weighted by molar-refractivity contribution is 6.01. The first kappa shape index (κ1) is 25.2. The van der Waals surface area contributed by atoms with Crippen LogP contribution in [0, 0.1) is 0 Å². The zero-order chi connectivity index (χ0) is 23.2. The van der Waals surface area contributed by atoms with Crippen LogP contribution in [0.5, 0.6) is 0 Å². The molecule has 1 aliphatic rings. The number of rotatable bonds is 11. The number of nitrogens with zero attached hydrogens (tertiary/aromatic N) is 2. The van der Waals surface area contributed by atoms with Gasteiger partial charge in [-0.15, -0.1) is 5.06 Å². The molecule has 0 unspecified atom stereocenters. The summed E-state index contributed by atoms with van der Waals surface area (Å²) in [4.78, 5) is 54.8. The molecular formula is C19H27N5O7. The maximum absolute atomic E-state index is 11.8. The topological polar surface area (TPSA) is 176 Å². The third-order valence-electron chi connectivity index (χ3n) is 3.58. The zero-order valence-corrected chi connectivity index (χ0v) is 17.3. The standard InChI is InChI=1S/C19H27N5O7/c1-3-5-14(11-23-18(27)31-24-15(25)6-7-16(24)26)10-13(2)12-30-19(28)29-9-4-8-22-17(20)21/h3,5,10H,2,4,6-9,11-12H2,1H3,(H,23,27)(H4,20,21,22)/b5-3-,14-10+. The molecule has 0 atom stereocenters. The number of guanidine groups is 1. The van der Waals surface area contributed by atoms with Crippen molar-refractivity contribution in [3.05, 3.63) is 36.0 Å². The molecule has 12 nitrogen and oxygen atoms in total. The monoisotopic (exact) mass is 437 g/mol. The van der Waals surface area contributed by atoms with Crippen LogP contribution in [-0.2, 0) is 23.9 Å². The number of hydrogen-bond acceptors (Lipinski definition) is 8. The first-order valence-electron chi connectivity index (χ1n) is 9.40. The Morgan fingerprint density at radius 3 is 2.52 bits per heavy atom. The molecule has 0 aromatic carbocycles. The van der Waals surface area contributed by atoms with Gasteiger partial charge in [0.15, 0.2) is 5.96 Å². The zero-order valence-electron chi connectivity index (χ0n) is 17.3. The minimum Gasteiger partial charge on any atom is -0.434 e. The Morgan fingerprint density at radius 1 is 1.23 bits per heavy atom. The number of nitrogens with two attached hydrogens (primary N) is 2. The van der Waals surface area contributed by atoms with E-state index in [1.54, 1.807) is 25.2 Å². The summed E-state index contributed by atoms with van der Waals surface area (Å²) in [5.74, 6) is -1.18. The van der Waals surface area contributed by atoms with Crippen LogP contribution in [0.25, 0.3) is 0 Å². The SMILES string of the molecule is C=C(/C=C(\C=C/C)CNC(=O)ON1C(=O)CCC1=O)COC(=O)OCCCN=C(N)N. The lowest BCUT2D eigenvalue weighted by atomic mass is 10.1. The summed E-state index contributed by atoms with van der Waals surface area (Å²) in [7, 11) is 0. The summed E-state index contributed by atoms with van der Waals surface area (Å²) < 4.78 is 9.81. The summed E-state index contributed by atoms with van der Waals surface area (Å²) in [6.45, 7) is 5.86. The van der Waals surface area contributed by atoms with Gasteiger partial charge in [-0.05, 0) is 18.1 Å². The van der Waals surface area contributed by atoms with E-state index >= 15 is 0 Å². The van der Waals surface area contributed by atoms with Crippen LogP contribution >= 0.6 is 0 Å². The van der Waals surface area contributed by atoms with Gasteiger partial charge in [0.25, 0.3) is 11.8 Å². The largest absolute Gasteiger partial charge is 0.508 e. The Morgan fingerprint density at radius 2 is 1.90 bits per heavy atom. The first-order valence-corrected chi connectivity index (χ1v) is 9.40. The Bertz CT molecular complexity index is 769. The summed E-state index contributed by atoms with van der Waals surface area (Å²) >= 11 is 0. The minimum absolute atomic E-state index is 0.00830. The van der Waals surface area contributed by atoms with Gasteiger partial charge in [0.1, 0.15) is 6.61 Å². The molecule has 0 saturated carbocycles. The maximum Gasteiger partial charge on any atom is 0.508 e. The highest BCUT2D eigenvalue weighted by Gasteiger charge is 2.32. The second-order valence-electron chi connectivity index (χ2n) is 6.24. The molecule has 1 fully saturated rings. The van der Waals surface area contributed by atoms with E-state index in [1.807, 2.05) is 0 Å². The second-order valence-corrected chi connectivity index (χ2v) is 6.24. The Labute approximate surface area is 179 Å². The number of ether oxygens (including phenoxy) is 2. The van der Waals surface area contributed by atoms with E-state index < -0.39 is 24.1 Å². The molecule has 0 spiro atoms. The highest BCUT2D eigenvalue weighted by atomic mass is 16.7. The van der Waals surface area contributed by atoms with Crippen molar-refractivity contribution in [1.82, 2.24) is 10.4 Å². The van der Waals surface area contributed by atoms with E-state index in [9.17, 15) is 19.2 Å². The fourth-order valence-electron chi connectivity index (χ4n) is 2.24. The predicted molar refractivity (Wildman–Crippen MR) is 110 cm³/mol. The fourth-order valence-corrected chi connectivity index (χ4v) is 2.24. The van der Waals surface area contributed by atoms with Gasteiger partial charge < -0.3 is 31.1 Å². The number of hydrogen-bond donors (Lipinski definition) is 3. The van der Waals surface area contributed by atoms with Gasteiger partial charge in [-0.25, -0.2) is 9.59 Å². The van der Waals surface area contributed by atoms with Crippen molar-refractivity contribution in [2.75, 3.05) is 26.3 Å². The van der Waals surface area contributed by atoms with Crippen molar-refractivity contribution >= 4 is 30.0 Å². The lowest BCUT2D eigenvalue weighted by Gasteiger charge is -2.13. The molecule has 0 aliphatic carbocycles. The molecule has 1 heterocycles. The van der Waals surface area contributed by atoms with Crippen LogP contribution in [0.4, 0.5) is 9.59 Å². The van der Waals surface area contributed by atoms with Gasteiger partial charge in [-0.1, -0.05) is 24.8 Å². The molecule has 1 saturated heterocycles. The quantitative estimate of drug-likeness (QED) is 0.105.